The molecule has 3 rings (SSSR count). The number of hydrogen-bond donors (Lipinski definition) is 1. The molecule has 24 heavy (non-hydrogen) atoms. The summed E-state index contributed by atoms with van der Waals surface area (Å²) < 4.78 is 5.47. The molecule has 4 heteroatoms. The number of carbonyl (C=O) groups excluding carboxylic acids is 2. The molecular formula is C20H21NO3. The molecule has 1 N–H and O–H groups in total. The first-order chi connectivity index (χ1) is 11.6. The van der Waals surface area contributed by atoms with Crippen molar-refractivity contribution in [3.63, 3.8) is 0 Å². The summed E-state index contributed by atoms with van der Waals surface area (Å²) in [5.74, 6) is 0.460. The highest BCUT2D eigenvalue weighted by atomic mass is 16.5. The van der Waals surface area contributed by atoms with Crippen LogP contribution in [0.25, 0.3) is 0 Å². The summed E-state index contributed by atoms with van der Waals surface area (Å²) in [7, 11) is 0. The van der Waals surface area contributed by atoms with Crippen molar-refractivity contribution in [1.29, 1.82) is 0 Å². The van der Waals surface area contributed by atoms with Gasteiger partial charge in [0, 0.05) is 17.5 Å². The smallest absolute Gasteiger partial charge is 0.257 e. The van der Waals surface area contributed by atoms with Gasteiger partial charge in [0.05, 0.1) is 0 Å². The lowest BCUT2D eigenvalue weighted by Gasteiger charge is -2.16. The van der Waals surface area contributed by atoms with Gasteiger partial charge >= 0.3 is 0 Å². The van der Waals surface area contributed by atoms with Crippen molar-refractivity contribution in [3.05, 3.63) is 65.7 Å². The highest BCUT2D eigenvalue weighted by Gasteiger charge is 2.44. The highest BCUT2D eigenvalue weighted by Crippen LogP contribution is 2.47. The van der Waals surface area contributed by atoms with Gasteiger partial charge in [0.1, 0.15) is 5.75 Å². The molecule has 0 atom stereocenters. The number of ketones is 1. The van der Waals surface area contributed by atoms with Crippen LogP contribution in [0.1, 0.15) is 35.7 Å². The van der Waals surface area contributed by atoms with E-state index in [1.165, 1.54) is 12.5 Å². The summed E-state index contributed by atoms with van der Waals surface area (Å²) in [4.78, 5) is 23.2. The van der Waals surface area contributed by atoms with Gasteiger partial charge in [0.15, 0.2) is 12.4 Å². The van der Waals surface area contributed by atoms with E-state index >= 15 is 0 Å². The molecule has 2 aromatic rings. The molecule has 1 fully saturated rings. The van der Waals surface area contributed by atoms with Crippen LogP contribution in [-0.2, 0) is 10.2 Å². The fraction of sp³-hybridized carbons (Fsp3) is 0.300. The van der Waals surface area contributed by atoms with Crippen LogP contribution in [-0.4, -0.2) is 24.8 Å². The molecule has 1 aliphatic rings. The van der Waals surface area contributed by atoms with Gasteiger partial charge in [-0.05, 0) is 49.6 Å². The quantitative estimate of drug-likeness (QED) is 0.797. The van der Waals surface area contributed by atoms with E-state index in [2.05, 4.69) is 17.4 Å². The Balaban J connectivity index is 1.47. The zero-order chi connectivity index (χ0) is 17.0. The van der Waals surface area contributed by atoms with Gasteiger partial charge in [-0.1, -0.05) is 30.3 Å². The topological polar surface area (TPSA) is 55.4 Å². The summed E-state index contributed by atoms with van der Waals surface area (Å²) in [6.45, 7) is 2.14. The van der Waals surface area contributed by atoms with Crippen LogP contribution in [0.3, 0.4) is 0 Å². The zero-order valence-corrected chi connectivity index (χ0v) is 13.7. The molecule has 0 bridgehead atoms. The van der Waals surface area contributed by atoms with Crippen molar-refractivity contribution in [2.24, 2.45) is 0 Å². The van der Waals surface area contributed by atoms with Gasteiger partial charge in [0.2, 0.25) is 0 Å². The Morgan fingerprint density at radius 1 is 1.04 bits per heavy atom. The van der Waals surface area contributed by atoms with Crippen molar-refractivity contribution >= 4 is 11.7 Å². The number of nitrogens with one attached hydrogen (secondary N) is 1. The lowest BCUT2D eigenvalue weighted by atomic mass is 9.96. The molecule has 1 amide bonds. The summed E-state index contributed by atoms with van der Waals surface area (Å²) in [5.41, 5.74) is 2.01. The van der Waals surface area contributed by atoms with Gasteiger partial charge in [-0.25, -0.2) is 0 Å². The maximum atomic E-state index is 12.0. The fourth-order valence-corrected chi connectivity index (χ4v) is 2.76. The van der Waals surface area contributed by atoms with E-state index in [1.54, 1.807) is 24.3 Å². The Bertz CT molecular complexity index is 718. The number of ether oxygens (including phenoxy) is 1. The van der Waals surface area contributed by atoms with Crippen molar-refractivity contribution in [3.8, 4) is 5.75 Å². The predicted octanol–water partition coefficient (Wildman–Crippen LogP) is 3.12. The first-order valence-corrected chi connectivity index (χ1v) is 8.15. The maximum absolute atomic E-state index is 12.0. The van der Waals surface area contributed by atoms with Crippen LogP contribution >= 0.6 is 0 Å². The Morgan fingerprint density at radius 2 is 1.71 bits per heavy atom. The maximum Gasteiger partial charge on any atom is 0.257 e. The first-order valence-electron chi connectivity index (χ1n) is 8.15. The van der Waals surface area contributed by atoms with Gasteiger partial charge in [0.25, 0.3) is 5.91 Å². The van der Waals surface area contributed by atoms with Gasteiger partial charge in [-0.2, -0.15) is 0 Å². The predicted molar refractivity (Wildman–Crippen MR) is 92.3 cm³/mol. The third-order valence-corrected chi connectivity index (χ3v) is 4.49. The average molecular weight is 323 g/mol. The molecule has 0 unspecified atom stereocenters. The lowest BCUT2D eigenvalue weighted by Crippen LogP contribution is -2.35. The Morgan fingerprint density at radius 3 is 2.29 bits per heavy atom. The van der Waals surface area contributed by atoms with Gasteiger partial charge in [-0.15, -0.1) is 0 Å². The van der Waals surface area contributed by atoms with E-state index in [1.807, 2.05) is 18.2 Å². The minimum Gasteiger partial charge on any atom is -0.484 e. The van der Waals surface area contributed by atoms with E-state index in [4.69, 9.17) is 4.74 Å². The fourth-order valence-electron chi connectivity index (χ4n) is 2.76. The van der Waals surface area contributed by atoms with Crippen LogP contribution in [0.2, 0.25) is 0 Å². The Kier molecular flexibility index (Phi) is 4.65. The average Bonchev–Trinajstić information content (AvgIpc) is 3.40. The molecular weight excluding hydrogens is 302 g/mol. The number of carbonyl (C=O) groups is 2. The van der Waals surface area contributed by atoms with Crippen molar-refractivity contribution in [2.75, 3.05) is 13.2 Å². The monoisotopic (exact) mass is 323 g/mol. The molecule has 0 spiro atoms. The van der Waals surface area contributed by atoms with Gasteiger partial charge < -0.3 is 10.1 Å². The second kappa shape index (κ2) is 6.87. The number of amides is 1. The van der Waals surface area contributed by atoms with Crippen molar-refractivity contribution < 1.29 is 14.3 Å². The van der Waals surface area contributed by atoms with E-state index in [0.717, 1.165) is 12.8 Å². The summed E-state index contributed by atoms with van der Waals surface area (Å²) in [6.07, 6.45) is 2.20. The van der Waals surface area contributed by atoms with E-state index < -0.39 is 0 Å². The van der Waals surface area contributed by atoms with Crippen LogP contribution in [0.15, 0.2) is 54.6 Å². The number of Topliss-reactive ketones (excluding diaryl/α,β-unsaturated/α-hetero) is 1. The molecule has 0 aromatic heterocycles. The van der Waals surface area contributed by atoms with Crippen LogP contribution < -0.4 is 10.1 Å². The SMILES string of the molecule is CC(=O)c1ccc(OCC(=O)NCC2(c3ccccc3)CC2)cc1. The third-order valence-electron chi connectivity index (χ3n) is 4.49. The molecule has 1 saturated carbocycles. The zero-order valence-electron chi connectivity index (χ0n) is 13.7. The first kappa shape index (κ1) is 16.2. The molecule has 0 aliphatic heterocycles. The molecule has 2 aromatic carbocycles. The van der Waals surface area contributed by atoms with Crippen LogP contribution in [0, 0.1) is 0 Å². The van der Waals surface area contributed by atoms with Crippen molar-refractivity contribution in [1.82, 2.24) is 5.32 Å². The third kappa shape index (κ3) is 3.82. The Labute approximate surface area is 141 Å². The normalized spacial score (nSPS) is 14.7. The number of hydrogen-bond acceptors (Lipinski definition) is 3. The molecule has 0 heterocycles. The van der Waals surface area contributed by atoms with E-state index in [9.17, 15) is 9.59 Å². The molecule has 124 valence electrons. The summed E-state index contributed by atoms with van der Waals surface area (Å²) in [6, 6.07) is 17.1. The second-order valence-electron chi connectivity index (χ2n) is 6.29. The summed E-state index contributed by atoms with van der Waals surface area (Å²) >= 11 is 0. The molecule has 1 aliphatic carbocycles. The summed E-state index contributed by atoms with van der Waals surface area (Å²) in [5, 5.41) is 2.97. The van der Waals surface area contributed by atoms with E-state index in [0.29, 0.717) is 17.9 Å². The minimum absolute atomic E-state index is 0.00920. The Hall–Kier alpha value is -2.62. The van der Waals surface area contributed by atoms with E-state index in [-0.39, 0.29) is 23.7 Å². The van der Waals surface area contributed by atoms with Crippen LogP contribution in [0.5, 0.6) is 5.75 Å². The largest absolute Gasteiger partial charge is 0.484 e. The van der Waals surface area contributed by atoms with Crippen molar-refractivity contribution in [2.45, 2.75) is 25.2 Å². The molecule has 0 saturated heterocycles. The number of rotatable bonds is 7. The standard InChI is InChI=1S/C20H21NO3/c1-15(22)16-7-9-18(10-8-16)24-13-19(23)21-14-20(11-12-20)17-5-3-2-4-6-17/h2-10H,11-14H2,1H3,(H,21,23). The van der Waals surface area contributed by atoms with Gasteiger partial charge in [-0.3, -0.25) is 9.59 Å². The lowest BCUT2D eigenvalue weighted by molar-refractivity contribution is -0.123. The second-order valence-corrected chi connectivity index (χ2v) is 6.29. The minimum atomic E-state index is -0.132. The highest BCUT2D eigenvalue weighted by molar-refractivity contribution is 5.94. The molecule has 4 nitrogen and oxygen atoms in total. The van der Waals surface area contributed by atoms with Crippen LogP contribution in [0.4, 0.5) is 0 Å². The molecule has 0 radical (unpaired) electrons. The number of benzene rings is 2.